The van der Waals surface area contributed by atoms with Gasteiger partial charge in [0.25, 0.3) is 0 Å². The van der Waals surface area contributed by atoms with E-state index in [-0.39, 0.29) is 4.90 Å². The third kappa shape index (κ3) is 3.20. The molecule has 0 saturated carbocycles. The van der Waals surface area contributed by atoms with Crippen LogP contribution < -0.4 is 16.0 Å². The molecule has 3 N–H and O–H groups in total. The molecule has 0 spiro atoms. The van der Waals surface area contributed by atoms with Gasteiger partial charge >= 0.3 is 0 Å². The molecule has 0 atom stereocenters. The van der Waals surface area contributed by atoms with Gasteiger partial charge in [0.2, 0.25) is 10.0 Å². The lowest BCUT2D eigenvalue weighted by molar-refractivity contribution is 0.598. The highest BCUT2D eigenvalue weighted by molar-refractivity contribution is 7.89. The SMILES string of the molecule is Bc1cnc2c(NCc3ccc(S(N)(=O)=O)cc3)nc(C)cn12. The molecule has 9 heteroatoms. The molecule has 0 amide bonds. The van der Waals surface area contributed by atoms with Crippen molar-refractivity contribution in [2.75, 3.05) is 5.32 Å². The van der Waals surface area contributed by atoms with Crippen LogP contribution in [0, 0.1) is 6.92 Å². The Kier molecular flexibility index (Phi) is 3.82. The molecule has 0 bridgehead atoms. The van der Waals surface area contributed by atoms with Crippen LogP contribution in [0.15, 0.2) is 41.6 Å². The van der Waals surface area contributed by atoms with Crippen molar-refractivity contribution in [3.63, 3.8) is 0 Å². The first-order valence-electron chi connectivity index (χ1n) is 7.01. The predicted octanol–water partition coefficient (Wildman–Crippen LogP) is -0.444. The first kappa shape index (κ1) is 15.5. The number of hydrogen-bond acceptors (Lipinski definition) is 5. The first-order chi connectivity index (χ1) is 10.8. The molecule has 23 heavy (non-hydrogen) atoms. The van der Waals surface area contributed by atoms with Crippen molar-refractivity contribution in [1.29, 1.82) is 0 Å². The summed E-state index contributed by atoms with van der Waals surface area (Å²) in [5.41, 5.74) is 3.59. The van der Waals surface area contributed by atoms with Crippen LogP contribution in [0.1, 0.15) is 11.3 Å². The number of nitrogens with zero attached hydrogens (tertiary/aromatic N) is 3. The lowest BCUT2D eigenvalue weighted by Crippen LogP contribution is -2.13. The van der Waals surface area contributed by atoms with E-state index in [0.717, 1.165) is 22.5 Å². The van der Waals surface area contributed by atoms with E-state index in [4.69, 9.17) is 5.14 Å². The van der Waals surface area contributed by atoms with Gasteiger partial charge in [0.15, 0.2) is 19.3 Å². The average Bonchev–Trinajstić information content (AvgIpc) is 2.86. The van der Waals surface area contributed by atoms with Crippen molar-refractivity contribution in [3.05, 3.63) is 47.9 Å². The van der Waals surface area contributed by atoms with Crippen molar-refractivity contribution in [2.24, 2.45) is 5.14 Å². The average molecular weight is 329 g/mol. The van der Waals surface area contributed by atoms with Crippen molar-refractivity contribution in [3.8, 4) is 0 Å². The number of nitrogens with one attached hydrogen (secondary N) is 1. The molecule has 2 aromatic heterocycles. The van der Waals surface area contributed by atoms with Gasteiger partial charge in [0.05, 0.1) is 10.6 Å². The van der Waals surface area contributed by atoms with Gasteiger partial charge in [-0.25, -0.2) is 23.5 Å². The van der Waals surface area contributed by atoms with Crippen LogP contribution in [-0.4, -0.2) is 30.6 Å². The maximum Gasteiger partial charge on any atom is 0.238 e. The van der Waals surface area contributed by atoms with Gasteiger partial charge < -0.3 is 9.72 Å². The minimum absolute atomic E-state index is 0.0983. The zero-order chi connectivity index (χ0) is 16.6. The van der Waals surface area contributed by atoms with Crippen molar-refractivity contribution >= 4 is 34.9 Å². The third-order valence-corrected chi connectivity index (χ3v) is 4.44. The number of nitrogens with two attached hydrogens (primary N) is 1. The topological polar surface area (TPSA) is 102 Å². The molecule has 2 heterocycles. The van der Waals surface area contributed by atoms with Crippen LogP contribution in [0.4, 0.5) is 5.82 Å². The highest BCUT2D eigenvalue weighted by atomic mass is 32.2. The van der Waals surface area contributed by atoms with Gasteiger partial charge in [-0.15, -0.1) is 0 Å². The summed E-state index contributed by atoms with van der Waals surface area (Å²) in [6, 6.07) is 6.42. The van der Waals surface area contributed by atoms with Gasteiger partial charge in [-0.1, -0.05) is 12.1 Å². The Balaban J connectivity index is 1.84. The van der Waals surface area contributed by atoms with Gasteiger partial charge in [-0.2, -0.15) is 0 Å². The van der Waals surface area contributed by atoms with Crippen LogP contribution in [0.25, 0.3) is 5.65 Å². The van der Waals surface area contributed by atoms with E-state index in [1.165, 1.54) is 12.1 Å². The van der Waals surface area contributed by atoms with Crippen LogP contribution >= 0.6 is 0 Å². The maximum absolute atomic E-state index is 11.3. The highest BCUT2D eigenvalue weighted by Crippen LogP contribution is 2.15. The Bertz CT molecular complexity index is 967. The predicted molar refractivity (Wildman–Crippen MR) is 91.0 cm³/mol. The summed E-state index contributed by atoms with van der Waals surface area (Å²) < 4.78 is 24.5. The molecule has 0 aliphatic rings. The highest BCUT2D eigenvalue weighted by Gasteiger charge is 2.09. The fourth-order valence-electron chi connectivity index (χ4n) is 2.33. The molecule has 0 aliphatic carbocycles. The molecule has 0 unspecified atom stereocenters. The van der Waals surface area contributed by atoms with Crippen LogP contribution in [0.2, 0.25) is 0 Å². The van der Waals surface area contributed by atoms with Gasteiger partial charge in [0, 0.05) is 18.9 Å². The Hall–Kier alpha value is -2.39. The summed E-state index contributed by atoms with van der Waals surface area (Å²) in [6.07, 6.45) is 3.73. The summed E-state index contributed by atoms with van der Waals surface area (Å²) >= 11 is 0. The van der Waals surface area contributed by atoms with E-state index in [0.29, 0.717) is 12.4 Å². The van der Waals surface area contributed by atoms with E-state index in [2.05, 4.69) is 15.3 Å². The fraction of sp³-hybridized carbons (Fsp3) is 0.143. The summed E-state index contributed by atoms with van der Waals surface area (Å²) in [7, 11) is -1.68. The molecule has 0 radical (unpaired) electrons. The second kappa shape index (κ2) is 5.67. The molecule has 0 saturated heterocycles. The lowest BCUT2D eigenvalue weighted by Gasteiger charge is -2.09. The molecule has 0 aliphatic heterocycles. The second-order valence-electron chi connectivity index (χ2n) is 5.37. The van der Waals surface area contributed by atoms with E-state index < -0.39 is 10.0 Å². The van der Waals surface area contributed by atoms with Crippen LogP contribution in [-0.2, 0) is 16.6 Å². The van der Waals surface area contributed by atoms with Gasteiger partial charge in [0.1, 0.15) is 0 Å². The standard InChI is InChI=1S/C14H16BN5O2S/c1-9-8-20-12(15)7-18-14(20)13(19-9)17-6-10-2-4-11(5-3-10)23(16,21)22/h2-5,7-8H,6,15H2,1H3,(H,17,19)(H2,16,21,22). The maximum atomic E-state index is 11.3. The largest absolute Gasteiger partial charge is 0.363 e. The summed E-state index contributed by atoms with van der Waals surface area (Å²) in [5.74, 6) is 0.689. The second-order valence-corrected chi connectivity index (χ2v) is 6.93. The molecule has 0 fully saturated rings. The number of primary sulfonamides is 1. The van der Waals surface area contributed by atoms with E-state index >= 15 is 0 Å². The van der Waals surface area contributed by atoms with E-state index in [1.807, 2.05) is 25.4 Å². The molecular weight excluding hydrogens is 313 g/mol. The number of aryl methyl sites for hydroxylation is 1. The normalized spacial score (nSPS) is 11.7. The number of benzene rings is 1. The lowest BCUT2D eigenvalue weighted by atomic mass is 10.1. The number of sulfonamides is 1. The number of fused-ring (bicyclic) bond motifs is 1. The molecule has 7 nitrogen and oxygen atoms in total. The zero-order valence-electron chi connectivity index (χ0n) is 12.8. The third-order valence-electron chi connectivity index (χ3n) is 3.51. The Morgan fingerprint density at radius 1 is 1.30 bits per heavy atom. The van der Waals surface area contributed by atoms with E-state index in [1.54, 1.807) is 18.3 Å². The van der Waals surface area contributed by atoms with Crippen molar-refractivity contribution in [2.45, 2.75) is 18.4 Å². The number of hydrogen-bond donors (Lipinski definition) is 2. The Labute approximate surface area is 135 Å². The first-order valence-corrected chi connectivity index (χ1v) is 8.56. The zero-order valence-corrected chi connectivity index (χ0v) is 13.6. The van der Waals surface area contributed by atoms with Crippen molar-refractivity contribution in [1.82, 2.24) is 14.4 Å². The fourth-order valence-corrected chi connectivity index (χ4v) is 2.84. The van der Waals surface area contributed by atoms with Crippen molar-refractivity contribution < 1.29 is 8.42 Å². The number of imidazole rings is 1. The smallest absolute Gasteiger partial charge is 0.238 e. The van der Waals surface area contributed by atoms with E-state index in [9.17, 15) is 8.42 Å². The molecule has 3 aromatic rings. The van der Waals surface area contributed by atoms with Crippen LogP contribution in [0.5, 0.6) is 0 Å². The minimum atomic E-state index is -3.66. The monoisotopic (exact) mass is 329 g/mol. The van der Waals surface area contributed by atoms with Gasteiger partial charge in [-0.05, 0) is 30.2 Å². The summed E-state index contributed by atoms with van der Waals surface area (Å²) in [6.45, 7) is 2.42. The number of rotatable bonds is 4. The van der Waals surface area contributed by atoms with Gasteiger partial charge in [-0.3, -0.25) is 0 Å². The number of aromatic nitrogens is 3. The molecule has 1 aromatic carbocycles. The molecule has 3 rings (SSSR count). The molecular formula is C14H16BN5O2S. The minimum Gasteiger partial charge on any atom is -0.363 e. The summed E-state index contributed by atoms with van der Waals surface area (Å²) in [4.78, 5) is 8.93. The Morgan fingerprint density at radius 2 is 2.00 bits per heavy atom. The molecule has 118 valence electrons. The summed E-state index contributed by atoms with van der Waals surface area (Å²) in [5, 5.41) is 8.33. The number of anilines is 1. The Morgan fingerprint density at radius 3 is 2.65 bits per heavy atom. The van der Waals surface area contributed by atoms with Crippen LogP contribution in [0.3, 0.4) is 0 Å². The quantitative estimate of drug-likeness (QED) is 0.632.